The van der Waals surface area contributed by atoms with Crippen LogP contribution in [0.2, 0.25) is 0 Å². The molecule has 6 nitrogen and oxygen atoms in total. The Morgan fingerprint density at radius 2 is 1.87 bits per heavy atom. The summed E-state index contributed by atoms with van der Waals surface area (Å²) in [7, 11) is 1.67. The maximum absolute atomic E-state index is 12.5. The van der Waals surface area contributed by atoms with Crippen molar-refractivity contribution in [1.29, 1.82) is 0 Å². The first-order valence-electron chi connectivity index (χ1n) is 10.6. The second kappa shape index (κ2) is 8.30. The Balaban J connectivity index is 1.59. The average Bonchev–Trinajstić information content (AvgIpc) is 3.05. The van der Waals surface area contributed by atoms with E-state index in [-0.39, 0.29) is 6.03 Å². The number of methoxy groups -OCH3 is 1. The van der Waals surface area contributed by atoms with Gasteiger partial charge in [0.2, 0.25) is 0 Å². The Labute approximate surface area is 177 Å². The van der Waals surface area contributed by atoms with Crippen molar-refractivity contribution in [3.8, 4) is 17.0 Å². The normalized spacial score (nSPS) is 14.8. The first-order valence-corrected chi connectivity index (χ1v) is 10.6. The van der Waals surface area contributed by atoms with E-state index in [9.17, 15) is 4.79 Å². The summed E-state index contributed by atoms with van der Waals surface area (Å²) in [5, 5.41) is 4.04. The van der Waals surface area contributed by atoms with Gasteiger partial charge in [-0.3, -0.25) is 0 Å². The molecule has 1 fully saturated rings. The molecular formula is C24H30N4O2. The van der Waals surface area contributed by atoms with E-state index >= 15 is 0 Å². The molecule has 0 saturated carbocycles. The topological polar surface area (TPSA) is 72.5 Å². The van der Waals surface area contributed by atoms with Gasteiger partial charge in [-0.25, -0.2) is 4.79 Å². The number of ether oxygens (including phenoxy) is 1. The van der Waals surface area contributed by atoms with Crippen LogP contribution in [-0.4, -0.2) is 35.7 Å². The van der Waals surface area contributed by atoms with Gasteiger partial charge >= 0.3 is 6.03 Å². The summed E-state index contributed by atoms with van der Waals surface area (Å²) in [6, 6.07) is 13.9. The van der Waals surface area contributed by atoms with Gasteiger partial charge in [0.05, 0.1) is 24.0 Å². The number of aryl methyl sites for hydroxylation is 1. The Morgan fingerprint density at radius 1 is 1.17 bits per heavy atom. The van der Waals surface area contributed by atoms with Gasteiger partial charge in [-0.05, 0) is 49.9 Å². The maximum Gasteiger partial charge on any atom is 0.321 e. The molecule has 2 heterocycles. The third-order valence-corrected chi connectivity index (χ3v) is 6.11. The zero-order valence-electron chi connectivity index (χ0n) is 17.9. The Morgan fingerprint density at radius 3 is 2.50 bits per heavy atom. The maximum atomic E-state index is 12.5. The third-order valence-electron chi connectivity index (χ3n) is 6.11. The lowest BCUT2D eigenvalue weighted by atomic mass is 10.00. The molecule has 2 amide bonds. The number of benzene rings is 2. The lowest BCUT2D eigenvalue weighted by Gasteiger charge is -2.30. The summed E-state index contributed by atoms with van der Waals surface area (Å²) in [4.78, 5) is 14.4. The van der Waals surface area contributed by atoms with Crippen molar-refractivity contribution in [2.24, 2.45) is 5.92 Å². The summed E-state index contributed by atoms with van der Waals surface area (Å²) in [5.74, 6) is 1.51. The van der Waals surface area contributed by atoms with Crippen LogP contribution < -0.4 is 15.8 Å². The number of urea groups is 1. The number of nitrogens with zero attached hydrogens (tertiary/aromatic N) is 2. The molecule has 6 heteroatoms. The molecule has 1 aliphatic rings. The molecule has 4 rings (SSSR count). The van der Waals surface area contributed by atoms with E-state index in [1.165, 1.54) is 0 Å². The van der Waals surface area contributed by atoms with Gasteiger partial charge in [-0.1, -0.05) is 19.1 Å². The number of fused-ring (bicyclic) bond motifs is 1. The second-order valence-electron chi connectivity index (χ2n) is 8.07. The van der Waals surface area contributed by atoms with Crippen molar-refractivity contribution in [2.45, 2.75) is 33.2 Å². The number of carbonyl (C=O) groups is 1. The fraction of sp³-hybridized carbons (Fsp3) is 0.375. The minimum atomic E-state index is -0.0241. The molecule has 0 unspecified atom stereocenters. The molecule has 0 spiro atoms. The number of hydrogen-bond donors (Lipinski definition) is 2. The number of amides is 2. The average molecular weight is 407 g/mol. The number of nitrogens with one attached hydrogen (secondary N) is 1. The summed E-state index contributed by atoms with van der Waals surface area (Å²) in [6.07, 6.45) is 2.13. The van der Waals surface area contributed by atoms with Gasteiger partial charge in [0.1, 0.15) is 5.75 Å². The van der Waals surface area contributed by atoms with E-state index in [0.29, 0.717) is 5.92 Å². The van der Waals surface area contributed by atoms with Gasteiger partial charge in [0.15, 0.2) is 0 Å². The minimum absolute atomic E-state index is 0.0241. The Kier molecular flexibility index (Phi) is 5.57. The molecule has 0 aliphatic carbocycles. The quantitative estimate of drug-likeness (QED) is 0.627. The first kappa shape index (κ1) is 20.1. The number of nitrogens with two attached hydrogens (primary N) is 1. The van der Waals surface area contributed by atoms with Crippen molar-refractivity contribution >= 4 is 28.3 Å². The second-order valence-corrected chi connectivity index (χ2v) is 8.07. The van der Waals surface area contributed by atoms with Crippen LogP contribution in [0.4, 0.5) is 16.2 Å². The molecule has 0 atom stereocenters. The van der Waals surface area contributed by atoms with Crippen LogP contribution in [0.25, 0.3) is 22.2 Å². The zero-order chi connectivity index (χ0) is 21.3. The number of likely N-dealkylation sites (tertiary alicyclic amines) is 1. The molecule has 0 radical (unpaired) electrons. The number of carbonyl (C=O) groups excluding carboxylic acids is 1. The van der Waals surface area contributed by atoms with Crippen molar-refractivity contribution in [2.75, 3.05) is 31.2 Å². The van der Waals surface area contributed by atoms with Crippen LogP contribution in [0.5, 0.6) is 5.75 Å². The van der Waals surface area contributed by atoms with Gasteiger partial charge in [0.25, 0.3) is 0 Å². The first-order chi connectivity index (χ1) is 14.5. The number of hydrogen-bond acceptors (Lipinski definition) is 3. The highest BCUT2D eigenvalue weighted by Gasteiger charge is 2.20. The molecule has 0 bridgehead atoms. The summed E-state index contributed by atoms with van der Waals surface area (Å²) in [5.41, 5.74) is 11.1. The number of rotatable bonds is 4. The van der Waals surface area contributed by atoms with Crippen LogP contribution >= 0.6 is 0 Å². The summed E-state index contributed by atoms with van der Waals surface area (Å²) < 4.78 is 7.59. The number of aromatic nitrogens is 1. The van der Waals surface area contributed by atoms with Crippen LogP contribution in [0, 0.1) is 5.92 Å². The zero-order valence-corrected chi connectivity index (χ0v) is 17.9. The number of anilines is 2. The Bertz CT molecular complexity index is 1050. The highest BCUT2D eigenvalue weighted by Crippen LogP contribution is 2.38. The van der Waals surface area contributed by atoms with Crippen LogP contribution in [-0.2, 0) is 6.54 Å². The van der Waals surface area contributed by atoms with E-state index in [1.807, 2.05) is 47.4 Å². The number of piperidine rings is 1. The summed E-state index contributed by atoms with van der Waals surface area (Å²) >= 11 is 0. The monoisotopic (exact) mass is 406 g/mol. The molecule has 1 aliphatic heterocycles. The molecule has 2 aromatic carbocycles. The molecule has 158 valence electrons. The fourth-order valence-electron chi connectivity index (χ4n) is 4.25. The standard InChI is InChI=1S/C24H30N4O2/c1-4-28-21-15-19(30-3)9-10-20(21)22(25)23(28)17-5-7-18(8-6-17)26-24(29)27-13-11-16(2)12-14-27/h5-10,15-16H,4,11-14,25H2,1-3H3,(H,26,29). The van der Waals surface area contributed by atoms with E-state index in [0.717, 1.165) is 71.8 Å². The van der Waals surface area contributed by atoms with Gasteiger partial charge in [0, 0.05) is 42.3 Å². The fourth-order valence-corrected chi connectivity index (χ4v) is 4.25. The Hall–Kier alpha value is -3.15. The minimum Gasteiger partial charge on any atom is -0.497 e. The van der Waals surface area contributed by atoms with Crippen molar-refractivity contribution < 1.29 is 9.53 Å². The highest BCUT2D eigenvalue weighted by atomic mass is 16.5. The lowest BCUT2D eigenvalue weighted by Crippen LogP contribution is -2.40. The lowest BCUT2D eigenvalue weighted by molar-refractivity contribution is 0.186. The van der Waals surface area contributed by atoms with Crippen molar-refractivity contribution in [1.82, 2.24) is 9.47 Å². The smallest absolute Gasteiger partial charge is 0.321 e. The van der Waals surface area contributed by atoms with Gasteiger partial charge < -0.3 is 25.3 Å². The summed E-state index contributed by atoms with van der Waals surface area (Å²) in [6.45, 7) is 6.78. The molecule has 1 aromatic heterocycles. The van der Waals surface area contributed by atoms with E-state index < -0.39 is 0 Å². The highest BCUT2D eigenvalue weighted by molar-refractivity contribution is 6.01. The SMILES string of the molecule is CCn1c(-c2ccc(NC(=O)N3CCC(C)CC3)cc2)c(N)c2ccc(OC)cc21. The molecular weight excluding hydrogens is 376 g/mol. The van der Waals surface area contributed by atoms with E-state index in [2.05, 4.69) is 23.7 Å². The molecule has 3 aromatic rings. The molecule has 30 heavy (non-hydrogen) atoms. The van der Waals surface area contributed by atoms with Gasteiger partial charge in [-0.15, -0.1) is 0 Å². The molecule has 3 N–H and O–H groups in total. The third kappa shape index (κ3) is 3.70. The predicted molar refractivity (Wildman–Crippen MR) is 123 cm³/mol. The van der Waals surface area contributed by atoms with Crippen LogP contribution in [0.1, 0.15) is 26.7 Å². The molecule has 1 saturated heterocycles. The van der Waals surface area contributed by atoms with Crippen LogP contribution in [0.15, 0.2) is 42.5 Å². The van der Waals surface area contributed by atoms with Gasteiger partial charge in [-0.2, -0.15) is 0 Å². The van der Waals surface area contributed by atoms with E-state index in [4.69, 9.17) is 10.5 Å². The van der Waals surface area contributed by atoms with Crippen LogP contribution in [0.3, 0.4) is 0 Å². The largest absolute Gasteiger partial charge is 0.497 e. The predicted octanol–water partition coefficient (Wildman–Crippen LogP) is 5.18. The van der Waals surface area contributed by atoms with Crippen molar-refractivity contribution in [3.63, 3.8) is 0 Å². The van der Waals surface area contributed by atoms with E-state index in [1.54, 1.807) is 7.11 Å². The number of nitrogen functional groups attached to an aromatic ring is 1. The van der Waals surface area contributed by atoms with Crippen molar-refractivity contribution in [3.05, 3.63) is 42.5 Å².